The molecule has 6 nitrogen and oxygen atoms in total. The maximum absolute atomic E-state index is 13.2. The van der Waals surface area contributed by atoms with E-state index in [-0.39, 0.29) is 24.3 Å². The predicted octanol–water partition coefficient (Wildman–Crippen LogP) is 2.11. The van der Waals surface area contributed by atoms with Crippen LogP contribution in [0, 0.1) is 11.7 Å². The molecule has 3 N–H and O–H groups in total. The van der Waals surface area contributed by atoms with Gasteiger partial charge in [0.05, 0.1) is 18.4 Å². The molecule has 1 aliphatic rings. The van der Waals surface area contributed by atoms with Crippen LogP contribution < -0.4 is 20.3 Å². The van der Waals surface area contributed by atoms with E-state index in [4.69, 9.17) is 4.74 Å². The molecule has 0 aromatic heterocycles. The maximum atomic E-state index is 13.2. The average molecular weight is 393 g/mol. The third-order valence-electron chi connectivity index (χ3n) is 4.45. The van der Waals surface area contributed by atoms with Gasteiger partial charge in [-0.3, -0.25) is 5.43 Å². The van der Waals surface area contributed by atoms with E-state index in [1.54, 1.807) is 6.07 Å². The fourth-order valence-electron chi connectivity index (χ4n) is 3.15. The molecule has 146 valence electrons. The number of hydrogen-bond donors (Lipinski definition) is 3. The first-order valence-corrected chi connectivity index (χ1v) is 10.5. The number of halogens is 1. The molecule has 1 saturated heterocycles. The predicted molar refractivity (Wildman–Crippen MR) is 102 cm³/mol. The third-order valence-corrected chi connectivity index (χ3v) is 5.77. The van der Waals surface area contributed by atoms with Crippen molar-refractivity contribution in [3.63, 3.8) is 0 Å². The van der Waals surface area contributed by atoms with Crippen LogP contribution in [0.15, 0.2) is 48.5 Å². The van der Waals surface area contributed by atoms with E-state index in [0.29, 0.717) is 18.7 Å². The van der Waals surface area contributed by atoms with Gasteiger partial charge in [-0.15, -0.1) is 0 Å². The fourth-order valence-corrected chi connectivity index (χ4v) is 4.34. The number of benzene rings is 2. The van der Waals surface area contributed by atoms with Crippen molar-refractivity contribution in [1.29, 1.82) is 0 Å². The topological polar surface area (TPSA) is 79.5 Å². The van der Waals surface area contributed by atoms with Crippen LogP contribution in [0.5, 0.6) is 5.75 Å². The van der Waals surface area contributed by atoms with Gasteiger partial charge in [0.1, 0.15) is 11.6 Å². The zero-order valence-electron chi connectivity index (χ0n) is 15.1. The molecule has 8 heteroatoms. The molecule has 0 saturated carbocycles. The Morgan fingerprint density at radius 3 is 2.70 bits per heavy atom. The number of hydrazine groups is 1. The minimum absolute atomic E-state index is 0.0162. The monoisotopic (exact) mass is 393 g/mol. The van der Waals surface area contributed by atoms with Gasteiger partial charge in [-0.1, -0.05) is 24.3 Å². The molecule has 2 aromatic carbocycles. The van der Waals surface area contributed by atoms with Crippen LogP contribution in [0.4, 0.5) is 4.39 Å². The summed E-state index contributed by atoms with van der Waals surface area (Å²) in [5.74, 6) is 0.165. The van der Waals surface area contributed by atoms with Crippen molar-refractivity contribution in [2.45, 2.75) is 18.7 Å². The van der Waals surface area contributed by atoms with Gasteiger partial charge in [-0.25, -0.2) is 23.0 Å². The van der Waals surface area contributed by atoms with Crippen molar-refractivity contribution in [2.24, 2.45) is 5.92 Å². The minimum Gasteiger partial charge on any atom is -0.494 e. The molecule has 2 atom stereocenters. The molecule has 27 heavy (non-hydrogen) atoms. The van der Waals surface area contributed by atoms with Gasteiger partial charge in [0, 0.05) is 19.0 Å². The van der Waals surface area contributed by atoms with E-state index in [0.717, 1.165) is 11.3 Å². The highest BCUT2D eigenvalue weighted by Crippen LogP contribution is 2.26. The smallest absolute Gasteiger partial charge is 0.215 e. The Kier molecular flexibility index (Phi) is 6.43. The molecule has 0 radical (unpaired) electrons. The zero-order valence-corrected chi connectivity index (χ0v) is 15.9. The first-order valence-electron chi connectivity index (χ1n) is 8.90. The summed E-state index contributed by atoms with van der Waals surface area (Å²) in [6.07, 6.45) is 0. The fraction of sp³-hybridized carbons (Fsp3) is 0.368. The molecule has 2 aromatic rings. The van der Waals surface area contributed by atoms with Crippen molar-refractivity contribution in [2.75, 3.05) is 19.7 Å². The number of sulfonamides is 1. The van der Waals surface area contributed by atoms with Gasteiger partial charge in [0.2, 0.25) is 10.0 Å². The zero-order chi connectivity index (χ0) is 19.3. The normalized spacial score (nSPS) is 19.9. The lowest BCUT2D eigenvalue weighted by Gasteiger charge is -2.19. The Labute approximate surface area is 159 Å². The Balaban J connectivity index is 1.60. The Bertz CT molecular complexity index is 859. The van der Waals surface area contributed by atoms with Crippen LogP contribution in [0.2, 0.25) is 0 Å². The van der Waals surface area contributed by atoms with Crippen molar-refractivity contribution < 1.29 is 17.5 Å². The van der Waals surface area contributed by atoms with E-state index < -0.39 is 15.8 Å². The molecule has 0 aliphatic carbocycles. The van der Waals surface area contributed by atoms with Crippen LogP contribution in [0.3, 0.4) is 0 Å². The summed E-state index contributed by atoms with van der Waals surface area (Å²) in [4.78, 5) is 0. The highest BCUT2D eigenvalue weighted by atomic mass is 32.2. The SMILES string of the molecule is CCOc1ccc(C2NNCC2CNS(=O)(=O)Cc2cccc(F)c2)cc1. The first kappa shape index (κ1) is 19.8. The van der Waals surface area contributed by atoms with E-state index in [1.807, 2.05) is 31.2 Å². The molecule has 1 aliphatic heterocycles. The number of hydrogen-bond acceptors (Lipinski definition) is 5. The highest BCUT2D eigenvalue weighted by molar-refractivity contribution is 7.88. The summed E-state index contributed by atoms with van der Waals surface area (Å²) in [7, 11) is -3.55. The lowest BCUT2D eigenvalue weighted by atomic mass is 9.95. The van der Waals surface area contributed by atoms with Crippen LogP contribution in [-0.4, -0.2) is 28.1 Å². The summed E-state index contributed by atoms with van der Waals surface area (Å²) in [6.45, 7) is 3.47. The van der Waals surface area contributed by atoms with E-state index in [2.05, 4.69) is 15.6 Å². The number of nitrogens with one attached hydrogen (secondary N) is 3. The molecule has 1 heterocycles. The average Bonchev–Trinajstić information content (AvgIpc) is 3.09. The molecule has 0 spiro atoms. The van der Waals surface area contributed by atoms with E-state index >= 15 is 0 Å². The van der Waals surface area contributed by atoms with E-state index in [1.165, 1.54) is 18.2 Å². The summed E-state index contributed by atoms with van der Waals surface area (Å²) in [5.41, 5.74) is 7.76. The second-order valence-electron chi connectivity index (χ2n) is 6.50. The lowest BCUT2D eigenvalue weighted by molar-refractivity contribution is 0.340. The van der Waals surface area contributed by atoms with Gasteiger partial charge < -0.3 is 4.74 Å². The third kappa shape index (κ3) is 5.49. The molecule has 2 unspecified atom stereocenters. The van der Waals surface area contributed by atoms with Gasteiger partial charge in [-0.2, -0.15) is 0 Å². The van der Waals surface area contributed by atoms with Crippen LogP contribution in [0.1, 0.15) is 24.1 Å². The van der Waals surface area contributed by atoms with E-state index in [9.17, 15) is 12.8 Å². The van der Waals surface area contributed by atoms with Gasteiger partial charge in [0.15, 0.2) is 0 Å². The Morgan fingerprint density at radius 1 is 1.22 bits per heavy atom. The first-order chi connectivity index (χ1) is 13.0. The summed E-state index contributed by atoms with van der Waals surface area (Å²) in [5, 5.41) is 0. The molecular weight excluding hydrogens is 369 g/mol. The van der Waals surface area contributed by atoms with Crippen LogP contribution in [-0.2, 0) is 15.8 Å². The van der Waals surface area contributed by atoms with Crippen LogP contribution >= 0.6 is 0 Å². The summed E-state index contributed by atoms with van der Waals surface area (Å²) < 4.78 is 46.0. The Morgan fingerprint density at radius 2 is 2.00 bits per heavy atom. The molecule has 0 amide bonds. The maximum Gasteiger partial charge on any atom is 0.215 e. The summed E-state index contributed by atoms with van der Waals surface area (Å²) in [6, 6.07) is 13.4. The summed E-state index contributed by atoms with van der Waals surface area (Å²) >= 11 is 0. The standard InChI is InChI=1S/C19H24FN3O3S/c1-2-26-18-8-6-15(7-9-18)19-16(11-21-23-19)12-22-27(24,25)13-14-4-3-5-17(20)10-14/h3-10,16,19,21-23H,2,11-13H2,1H3. The van der Waals surface area contributed by atoms with Crippen molar-refractivity contribution in [3.05, 3.63) is 65.5 Å². The minimum atomic E-state index is -3.55. The van der Waals surface area contributed by atoms with Crippen molar-refractivity contribution in [3.8, 4) is 5.75 Å². The second kappa shape index (κ2) is 8.79. The van der Waals surface area contributed by atoms with Crippen molar-refractivity contribution in [1.82, 2.24) is 15.6 Å². The quantitative estimate of drug-likeness (QED) is 0.640. The lowest BCUT2D eigenvalue weighted by Crippen LogP contribution is -2.33. The highest BCUT2D eigenvalue weighted by Gasteiger charge is 2.29. The molecule has 0 bridgehead atoms. The van der Waals surface area contributed by atoms with Gasteiger partial charge in [-0.05, 0) is 42.3 Å². The second-order valence-corrected chi connectivity index (χ2v) is 8.31. The number of rotatable bonds is 8. The Hall–Kier alpha value is -2.00. The van der Waals surface area contributed by atoms with Gasteiger partial charge in [0.25, 0.3) is 0 Å². The molecule has 3 rings (SSSR count). The number of ether oxygens (including phenoxy) is 1. The van der Waals surface area contributed by atoms with Crippen molar-refractivity contribution >= 4 is 10.0 Å². The molecule has 1 fully saturated rings. The largest absolute Gasteiger partial charge is 0.494 e. The van der Waals surface area contributed by atoms with Gasteiger partial charge >= 0.3 is 0 Å². The molecular formula is C19H24FN3O3S. The van der Waals surface area contributed by atoms with Crippen LogP contribution in [0.25, 0.3) is 0 Å².